The average molecular weight is 617 g/mol. The van der Waals surface area contributed by atoms with Gasteiger partial charge in [0, 0.05) is 45.3 Å². The Morgan fingerprint density at radius 3 is 2.02 bits per heavy atom. The molecule has 0 aromatic heterocycles. The van der Waals surface area contributed by atoms with E-state index in [4.69, 9.17) is 14.2 Å². The third-order valence-corrected chi connectivity index (χ3v) is 9.01. The van der Waals surface area contributed by atoms with Crippen LogP contribution in [0, 0.1) is 5.82 Å². The van der Waals surface area contributed by atoms with Crippen molar-refractivity contribution < 1.29 is 43.5 Å². The molecule has 0 saturated heterocycles. The number of rotatable bonds is 4. The summed E-state index contributed by atoms with van der Waals surface area (Å²) in [5.74, 6) is -4.18. The van der Waals surface area contributed by atoms with Crippen molar-refractivity contribution in [2.24, 2.45) is 0 Å². The topological polar surface area (TPSA) is 144 Å². The number of benzene rings is 5. The molecule has 0 atom stereocenters. The summed E-state index contributed by atoms with van der Waals surface area (Å²) < 4.78 is 20.9. The van der Waals surface area contributed by atoms with Crippen LogP contribution >= 0.6 is 0 Å². The molecule has 2 aliphatic carbocycles. The van der Waals surface area contributed by atoms with Crippen molar-refractivity contribution in [3.8, 4) is 28.2 Å². The van der Waals surface area contributed by atoms with Crippen LogP contribution in [-0.4, -0.2) is 27.3 Å². The van der Waals surface area contributed by atoms with Crippen LogP contribution in [0.1, 0.15) is 55.5 Å². The molecule has 4 aromatic carbocycles. The molecule has 0 unspecified atom stereocenters. The molecule has 5 aliphatic rings. The number of halogens is 1. The number of carboxylic acids is 2. The Bertz CT molecular complexity index is 2310. The summed E-state index contributed by atoms with van der Waals surface area (Å²) in [7, 11) is 0. The second-order valence-electron chi connectivity index (χ2n) is 11.5. The fourth-order valence-corrected chi connectivity index (χ4v) is 6.93. The first-order chi connectivity index (χ1) is 22.0. The molecule has 0 radical (unpaired) electrons. The van der Waals surface area contributed by atoms with Gasteiger partial charge in [-0.25, -0.2) is 23.8 Å². The summed E-state index contributed by atoms with van der Waals surface area (Å²) in [6.45, 7) is 1.89. The number of hydrogen-bond donors (Lipinski definition) is 3. The lowest BCUT2D eigenvalue weighted by atomic mass is 9.64. The molecule has 10 heteroatoms. The van der Waals surface area contributed by atoms with Gasteiger partial charge in [0.05, 0.1) is 11.1 Å². The lowest BCUT2D eigenvalue weighted by Gasteiger charge is -2.52. The number of aromatic hydroxyl groups is 1. The molecule has 4 aromatic rings. The summed E-state index contributed by atoms with van der Waals surface area (Å²) in [6.07, 6.45) is 0. The number of hydrogen-bond acceptors (Lipinski definition) is 7. The monoisotopic (exact) mass is 616 g/mol. The van der Waals surface area contributed by atoms with E-state index in [9.17, 15) is 34.1 Å². The first kappa shape index (κ1) is 27.7. The highest BCUT2D eigenvalue weighted by molar-refractivity contribution is 6.09. The van der Waals surface area contributed by atoms with Gasteiger partial charge in [-0.2, -0.15) is 0 Å². The molecule has 0 spiro atoms. The highest BCUT2D eigenvalue weighted by Gasteiger charge is 2.58. The van der Waals surface area contributed by atoms with Crippen LogP contribution < -0.4 is 5.43 Å². The van der Waals surface area contributed by atoms with Crippen molar-refractivity contribution in [3.05, 3.63) is 146 Å². The zero-order valence-electron chi connectivity index (χ0n) is 23.8. The Morgan fingerprint density at radius 1 is 0.739 bits per heavy atom. The van der Waals surface area contributed by atoms with Crippen LogP contribution in [0.4, 0.5) is 4.39 Å². The van der Waals surface area contributed by atoms with E-state index >= 15 is 0 Å². The van der Waals surface area contributed by atoms with E-state index in [0.717, 1.165) is 35.4 Å². The molecular weight excluding hydrogens is 595 g/mol. The fraction of sp³-hybridized carbons (Fsp3) is 0.0833. The van der Waals surface area contributed by atoms with E-state index in [0.29, 0.717) is 11.1 Å². The summed E-state index contributed by atoms with van der Waals surface area (Å²) >= 11 is 0. The zero-order chi connectivity index (χ0) is 32.1. The molecule has 0 fully saturated rings. The minimum atomic E-state index is -1.52. The largest absolute Gasteiger partial charge is 0.507 e. The van der Waals surface area contributed by atoms with Crippen molar-refractivity contribution in [2.45, 2.75) is 18.1 Å². The predicted octanol–water partition coefficient (Wildman–Crippen LogP) is 6.64. The first-order valence-corrected chi connectivity index (χ1v) is 14.2. The Labute approximate surface area is 258 Å². The van der Waals surface area contributed by atoms with Gasteiger partial charge in [0.2, 0.25) is 5.43 Å². The van der Waals surface area contributed by atoms with Gasteiger partial charge in [-0.3, -0.25) is 4.79 Å². The molecule has 2 bridgehead atoms. The van der Waals surface area contributed by atoms with E-state index in [-0.39, 0.29) is 55.9 Å². The number of aromatic carboxylic acids is 2. The van der Waals surface area contributed by atoms with Gasteiger partial charge < -0.3 is 19.7 Å². The van der Waals surface area contributed by atoms with Gasteiger partial charge in [0.1, 0.15) is 17.1 Å². The molecule has 226 valence electrons. The molecule has 3 aliphatic heterocycles. The maximum Gasteiger partial charge on any atom is 0.336 e. The van der Waals surface area contributed by atoms with Gasteiger partial charge in [0.15, 0.2) is 17.0 Å². The number of phenols is 1. The van der Waals surface area contributed by atoms with Crippen LogP contribution in [0.3, 0.4) is 0 Å². The van der Waals surface area contributed by atoms with E-state index in [2.05, 4.69) is 0 Å². The van der Waals surface area contributed by atoms with Gasteiger partial charge in [0.25, 0.3) is 0 Å². The van der Waals surface area contributed by atoms with Crippen molar-refractivity contribution in [3.63, 3.8) is 0 Å². The minimum Gasteiger partial charge on any atom is -0.507 e. The highest BCUT2D eigenvalue weighted by Crippen LogP contribution is 2.60. The second kappa shape index (κ2) is 9.33. The molecule has 9 rings (SSSR count). The van der Waals surface area contributed by atoms with E-state index in [1.807, 2.05) is 55.5 Å². The Hall–Kier alpha value is -5.84. The summed E-state index contributed by atoms with van der Waals surface area (Å²) in [5, 5.41) is 31.8. The van der Waals surface area contributed by atoms with Crippen molar-refractivity contribution in [1.29, 1.82) is 0 Å². The van der Waals surface area contributed by atoms with Gasteiger partial charge in [-0.1, -0.05) is 48.5 Å². The Balaban J connectivity index is 1.55. The van der Waals surface area contributed by atoms with Crippen LogP contribution in [0.2, 0.25) is 0 Å². The van der Waals surface area contributed by atoms with E-state index < -0.39 is 34.4 Å². The third-order valence-electron chi connectivity index (χ3n) is 9.01. The summed E-state index contributed by atoms with van der Waals surface area (Å²) in [5.41, 5.74) is -0.717. The zero-order valence-corrected chi connectivity index (χ0v) is 23.8. The van der Waals surface area contributed by atoms with Crippen molar-refractivity contribution in [2.75, 3.05) is 0 Å². The van der Waals surface area contributed by atoms with Crippen LogP contribution in [0.5, 0.6) is 5.75 Å². The number of fused-ring (bicyclic) bond motifs is 3. The lowest BCUT2D eigenvalue weighted by molar-refractivity contribution is -0.415. The lowest BCUT2D eigenvalue weighted by Crippen LogP contribution is -2.51. The normalized spacial score (nSPS) is 19.6. The quantitative estimate of drug-likeness (QED) is 0.147. The average Bonchev–Trinajstić information content (AvgIpc) is 3.04. The van der Waals surface area contributed by atoms with Crippen LogP contribution in [0.15, 0.2) is 100 Å². The maximum absolute atomic E-state index is 14.9. The van der Waals surface area contributed by atoms with Gasteiger partial charge >= 0.3 is 11.9 Å². The number of phenolic OH excluding ortho intramolecular Hbond substituents is 1. The minimum absolute atomic E-state index is 0.0154. The molecule has 46 heavy (non-hydrogen) atoms. The second-order valence-corrected chi connectivity index (χ2v) is 11.5. The van der Waals surface area contributed by atoms with Crippen LogP contribution in [-0.2, 0) is 21.0 Å². The SMILES string of the molecule is CC12OOC(c3cc4c(-c5cc(C(=O)O)ccc5C(=O)O)c5cc(F)c(=O)cc-5oc4cc3O)(c3ccccc31)c1ccccc12. The molecule has 3 N–H and O–H groups in total. The number of carboxylic acid groups (broad SMARTS) is 2. The standard InChI is InChI=1S/C36H21FO9/c1-35-22-6-2-4-8-24(22)36(46-45-35,25-9-5-3-7-23(25)35)26-13-20-30(15-28(26)38)44-31-16-29(39)27(37)14-21(31)32(20)19-12-17(33(40)41)10-11-18(19)34(42)43/h2-16,38H,1H3,(H,40,41)(H,42,43). The first-order valence-electron chi connectivity index (χ1n) is 14.2. The van der Waals surface area contributed by atoms with Crippen LogP contribution in [0.25, 0.3) is 33.4 Å². The number of carbonyl (C=O) groups is 2. The molecule has 9 nitrogen and oxygen atoms in total. The van der Waals surface area contributed by atoms with Crippen molar-refractivity contribution in [1.82, 2.24) is 0 Å². The Kier molecular flexibility index (Phi) is 5.62. The van der Waals surface area contributed by atoms with Crippen molar-refractivity contribution >= 4 is 22.9 Å². The highest BCUT2D eigenvalue weighted by atomic mass is 19.1. The Morgan fingerprint density at radius 2 is 1.39 bits per heavy atom. The molecule has 0 saturated carbocycles. The smallest absolute Gasteiger partial charge is 0.336 e. The van der Waals surface area contributed by atoms with Gasteiger partial charge in [-0.05, 0) is 53.9 Å². The van der Waals surface area contributed by atoms with Gasteiger partial charge in [-0.15, -0.1) is 0 Å². The summed E-state index contributed by atoms with van der Waals surface area (Å²) in [6, 6.07) is 23.1. The fourth-order valence-electron chi connectivity index (χ4n) is 6.93. The summed E-state index contributed by atoms with van der Waals surface area (Å²) in [4.78, 5) is 49.1. The van der Waals surface area contributed by atoms with E-state index in [1.54, 1.807) is 0 Å². The molecule has 0 amide bonds. The molecule has 3 heterocycles. The maximum atomic E-state index is 14.9. The third kappa shape index (κ3) is 3.53. The molecular formula is C36H21FO9. The predicted molar refractivity (Wildman–Crippen MR) is 161 cm³/mol. The van der Waals surface area contributed by atoms with E-state index in [1.165, 1.54) is 18.2 Å².